The second-order valence-electron chi connectivity index (χ2n) is 7.69. The van der Waals surface area contributed by atoms with Gasteiger partial charge in [-0.05, 0) is 62.5 Å². The van der Waals surface area contributed by atoms with Crippen molar-refractivity contribution in [1.82, 2.24) is 4.90 Å². The van der Waals surface area contributed by atoms with Crippen molar-refractivity contribution in [2.24, 2.45) is 0 Å². The number of nitriles is 1. The minimum Gasteiger partial charge on any atom is -0.480 e. The van der Waals surface area contributed by atoms with E-state index in [-0.39, 0.29) is 16.7 Å². The number of aliphatic carboxylic acids is 1. The van der Waals surface area contributed by atoms with Crippen molar-refractivity contribution in [2.75, 3.05) is 18.0 Å². The lowest BCUT2D eigenvalue weighted by Crippen LogP contribution is -2.50. The van der Waals surface area contributed by atoms with Crippen LogP contribution in [-0.4, -0.2) is 46.9 Å². The number of imide groups is 1. The molecule has 0 bridgehead atoms. The van der Waals surface area contributed by atoms with Crippen LogP contribution in [0.25, 0.3) is 6.08 Å². The van der Waals surface area contributed by atoms with Crippen molar-refractivity contribution in [1.29, 1.82) is 5.26 Å². The molecule has 1 unspecified atom stereocenters. The molecule has 0 saturated carbocycles. The molecule has 3 rings (SSSR count). The second kappa shape index (κ2) is 9.43. The molecule has 1 saturated heterocycles. The van der Waals surface area contributed by atoms with E-state index < -0.39 is 23.8 Å². The second-order valence-corrected chi connectivity index (χ2v) is 7.69. The summed E-state index contributed by atoms with van der Waals surface area (Å²) in [5, 5.41) is 18.6. The maximum Gasteiger partial charge on any atom is 0.326 e. The van der Waals surface area contributed by atoms with Crippen LogP contribution in [0.3, 0.4) is 0 Å². The summed E-state index contributed by atoms with van der Waals surface area (Å²) < 4.78 is 0. The quantitative estimate of drug-likeness (QED) is 0.580. The molecule has 7 nitrogen and oxygen atoms in total. The fraction of sp³-hybridized carbons (Fsp3) is 0.333. The molecule has 1 fully saturated rings. The van der Waals surface area contributed by atoms with Gasteiger partial charge in [-0.1, -0.05) is 24.3 Å². The number of nitrogens with zero attached hydrogens (tertiary/aromatic N) is 3. The molecular formula is C24H25N3O4. The number of carboxylic acids is 1. The topological polar surface area (TPSA) is 102 Å². The summed E-state index contributed by atoms with van der Waals surface area (Å²) in [6.07, 6.45) is 8.70. The molecule has 0 radical (unpaired) electrons. The highest BCUT2D eigenvalue weighted by molar-refractivity contribution is 6.19. The Labute approximate surface area is 181 Å². The molecule has 0 aromatic heterocycles. The van der Waals surface area contributed by atoms with Gasteiger partial charge in [0, 0.05) is 24.4 Å². The highest BCUT2D eigenvalue weighted by atomic mass is 16.4. The Morgan fingerprint density at radius 2 is 1.77 bits per heavy atom. The maximum atomic E-state index is 12.8. The largest absolute Gasteiger partial charge is 0.480 e. The molecule has 2 heterocycles. The number of hydrogen-bond donors (Lipinski definition) is 1. The third-order valence-electron chi connectivity index (χ3n) is 5.68. The molecule has 1 aromatic carbocycles. The predicted molar refractivity (Wildman–Crippen MR) is 117 cm³/mol. The zero-order valence-corrected chi connectivity index (χ0v) is 17.7. The van der Waals surface area contributed by atoms with Gasteiger partial charge in [0.25, 0.3) is 11.8 Å². The van der Waals surface area contributed by atoms with Crippen LogP contribution < -0.4 is 4.90 Å². The summed E-state index contributed by atoms with van der Waals surface area (Å²) in [6.45, 7) is 4.90. The number of carbonyl (C=O) groups is 3. The average molecular weight is 419 g/mol. The highest BCUT2D eigenvalue weighted by Gasteiger charge is 2.40. The Morgan fingerprint density at radius 3 is 2.35 bits per heavy atom. The third kappa shape index (κ3) is 4.58. The molecule has 2 aliphatic heterocycles. The summed E-state index contributed by atoms with van der Waals surface area (Å²) in [7, 11) is 0. The first-order chi connectivity index (χ1) is 14.8. The molecule has 1 aromatic rings. The Balaban J connectivity index is 1.84. The van der Waals surface area contributed by atoms with E-state index in [1.54, 1.807) is 12.1 Å². The fourth-order valence-electron chi connectivity index (χ4n) is 3.79. The van der Waals surface area contributed by atoms with E-state index in [0.717, 1.165) is 18.7 Å². The summed E-state index contributed by atoms with van der Waals surface area (Å²) in [5.74, 6) is -2.92. The van der Waals surface area contributed by atoms with Gasteiger partial charge < -0.3 is 10.0 Å². The summed E-state index contributed by atoms with van der Waals surface area (Å²) in [6, 6.07) is 8.55. The molecule has 160 valence electrons. The van der Waals surface area contributed by atoms with Crippen LogP contribution in [0.1, 0.15) is 38.7 Å². The Bertz CT molecular complexity index is 1020. The van der Waals surface area contributed by atoms with Crippen LogP contribution in [0, 0.1) is 11.3 Å². The van der Waals surface area contributed by atoms with E-state index >= 15 is 0 Å². The third-order valence-corrected chi connectivity index (χ3v) is 5.68. The minimum absolute atomic E-state index is 0.130. The molecule has 0 aliphatic carbocycles. The van der Waals surface area contributed by atoms with E-state index in [4.69, 9.17) is 0 Å². The van der Waals surface area contributed by atoms with Crippen LogP contribution in [0.15, 0.2) is 53.1 Å². The molecule has 1 N–H and O–H groups in total. The average Bonchev–Trinajstić information content (AvgIpc) is 2.77. The number of amides is 2. The van der Waals surface area contributed by atoms with Gasteiger partial charge in [-0.15, -0.1) is 0 Å². The number of benzene rings is 1. The van der Waals surface area contributed by atoms with E-state index in [9.17, 15) is 24.8 Å². The molecule has 0 spiro atoms. The van der Waals surface area contributed by atoms with Crippen molar-refractivity contribution in [3.05, 3.63) is 58.7 Å². The van der Waals surface area contributed by atoms with Gasteiger partial charge in [0.1, 0.15) is 17.7 Å². The van der Waals surface area contributed by atoms with Crippen molar-refractivity contribution in [2.45, 2.75) is 39.2 Å². The van der Waals surface area contributed by atoms with Gasteiger partial charge in [0.15, 0.2) is 0 Å². The normalized spacial score (nSPS) is 19.8. The molecule has 31 heavy (non-hydrogen) atoms. The van der Waals surface area contributed by atoms with Crippen molar-refractivity contribution in [3.63, 3.8) is 0 Å². The lowest BCUT2D eigenvalue weighted by Gasteiger charge is -2.29. The van der Waals surface area contributed by atoms with Gasteiger partial charge in [-0.3, -0.25) is 14.5 Å². The fourth-order valence-corrected chi connectivity index (χ4v) is 3.79. The van der Waals surface area contributed by atoms with E-state index in [1.807, 2.05) is 18.2 Å². The lowest BCUT2D eigenvalue weighted by molar-refractivity contribution is -0.154. The van der Waals surface area contributed by atoms with Gasteiger partial charge in [-0.25, -0.2) is 4.79 Å². The van der Waals surface area contributed by atoms with Gasteiger partial charge >= 0.3 is 5.97 Å². The first kappa shape index (κ1) is 22.0. The smallest absolute Gasteiger partial charge is 0.326 e. The Morgan fingerprint density at radius 1 is 1.13 bits per heavy atom. The van der Waals surface area contributed by atoms with Crippen LogP contribution in [0.2, 0.25) is 0 Å². The number of piperidine rings is 1. The molecule has 7 heteroatoms. The maximum absolute atomic E-state index is 12.8. The number of carbonyl (C=O) groups excluding carboxylic acids is 2. The summed E-state index contributed by atoms with van der Waals surface area (Å²) in [5.41, 5.74) is 2.28. The monoisotopic (exact) mass is 419 g/mol. The summed E-state index contributed by atoms with van der Waals surface area (Å²) >= 11 is 0. The van der Waals surface area contributed by atoms with E-state index in [1.165, 1.54) is 44.9 Å². The Kier molecular flexibility index (Phi) is 6.71. The lowest BCUT2D eigenvalue weighted by atomic mass is 9.94. The van der Waals surface area contributed by atoms with Gasteiger partial charge in [0.2, 0.25) is 0 Å². The van der Waals surface area contributed by atoms with Gasteiger partial charge in [-0.2, -0.15) is 5.26 Å². The predicted octanol–water partition coefficient (Wildman–Crippen LogP) is 3.30. The number of rotatable bonds is 5. The van der Waals surface area contributed by atoms with Crippen molar-refractivity contribution < 1.29 is 19.5 Å². The van der Waals surface area contributed by atoms with E-state index in [0.29, 0.717) is 4.90 Å². The van der Waals surface area contributed by atoms with E-state index in [2.05, 4.69) is 17.0 Å². The first-order valence-electron chi connectivity index (χ1n) is 10.3. The van der Waals surface area contributed by atoms with Gasteiger partial charge in [0.05, 0.1) is 0 Å². The van der Waals surface area contributed by atoms with Crippen LogP contribution in [0.5, 0.6) is 0 Å². The Hall–Kier alpha value is -3.66. The van der Waals surface area contributed by atoms with Crippen molar-refractivity contribution >= 4 is 29.5 Å². The van der Waals surface area contributed by atoms with Crippen molar-refractivity contribution in [3.8, 4) is 6.07 Å². The standard InChI is InChI=1S/C24H25N3O4/c1-16-20(22(28)27(17(2)24(30)31)23(29)21(16)15-25)8-6-7-18-9-11-19(12-10-18)26-13-4-3-5-14-26/h6-12,17H,3-5,13-14H2,1-2H3,(H,30,31)/b7-6+,20-8-. The van der Waals surface area contributed by atoms with Crippen LogP contribution in [0.4, 0.5) is 5.69 Å². The molecule has 2 aliphatic rings. The number of hydrogen-bond acceptors (Lipinski definition) is 5. The number of carboxylic acid groups (broad SMARTS) is 1. The molecule has 2 amide bonds. The zero-order valence-electron chi connectivity index (χ0n) is 17.7. The molecular weight excluding hydrogens is 394 g/mol. The molecule has 1 atom stereocenters. The number of allylic oxidation sites excluding steroid dienone is 2. The van der Waals surface area contributed by atoms with Crippen LogP contribution >= 0.6 is 0 Å². The first-order valence-corrected chi connectivity index (χ1v) is 10.3. The highest BCUT2D eigenvalue weighted by Crippen LogP contribution is 2.27. The zero-order chi connectivity index (χ0) is 22.5. The summed E-state index contributed by atoms with van der Waals surface area (Å²) in [4.78, 5) is 39.6. The van der Waals surface area contributed by atoms with Crippen LogP contribution in [-0.2, 0) is 14.4 Å². The number of anilines is 1. The SMILES string of the molecule is CC1=C(C#N)C(=O)N(C(C)C(=O)O)C(=O)/C1=C\C=C\c1ccc(N2CCCCC2)cc1. The minimum atomic E-state index is -1.37.